The molecular weight excluding hydrogens is 408 g/mol. The Labute approximate surface area is 192 Å². The second-order valence-corrected chi connectivity index (χ2v) is 9.86. The van der Waals surface area contributed by atoms with Gasteiger partial charge in [0.05, 0.1) is 25.0 Å². The van der Waals surface area contributed by atoms with Gasteiger partial charge < -0.3 is 29.0 Å². The Morgan fingerprint density at radius 2 is 1.88 bits per heavy atom. The zero-order chi connectivity index (χ0) is 22.5. The van der Waals surface area contributed by atoms with Gasteiger partial charge in [0.1, 0.15) is 5.76 Å². The molecule has 2 unspecified atom stereocenters. The first-order valence-corrected chi connectivity index (χ1v) is 12.2. The van der Waals surface area contributed by atoms with Crippen LogP contribution in [0.2, 0.25) is 0 Å². The standard InChI is InChI=1S/C24H40N4O4/c1-25(2)11-12-27(18-22-4-3-13-32-22)24(30)23-16-21(29)17-28(23)20-5-9-26(10-6-20)19-7-14-31-15-8-19/h3-4,13,19-21,23,29H,5-12,14-18H2,1-2H3. The minimum Gasteiger partial charge on any atom is -0.467 e. The molecule has 32 heavy (non-hydrogen) atoms. The first-order valence-electron chi connectivity index (χ1n) is 12.2. The van der Waals surface area contributed by atoms with Crippen molar-refractivity contribution in [1.29, 1.82) is 0 Å². The van der Waals surface area contributed by atoms with Crippen molar-refractivity contribution in [2.45, 2.75) is 62.9 Å². The highest BCUT2D eigenvalue weighted by molar-refractivity contribution is 5.82. The smallest absolute Gasteiger partial charge is 0.240 e. The molecule has 3 saturated heterocycles. The van der Waals surface area contributed by atoms with Crippen LogP contribution in [0.1, 0.15) is 37.9 Å². The molecule has 0 saturated carbocycles. The van der Waals surface area contributed by atoms with Crippen LogP contribution >= 0.6 is 0 Å². The zero-order valence-electron chi connectivity index (χ0n) is 19.7. The molecule has 1 aromatic rings. The second kappa shape index (κ2) is 11.1. The van der Waals surface area contributed by atoms with Crippen molar-refractivity contribution in [3.8, 4) is 0 Å². The number of likely N-dealkylation sites (tertiary alicyclic amines) is 2. The van der Waals surface area contributed by atoms with Crippen molar-refractivity contribution < 1.29 is 19.1 Å². The topological polar surface area (TPSA) is 72.6 Å². The lowest BCUT2D eigenvalue weighted by Gasteiger charge is -2.43. The number of carbonyl (C=O) groups excluding carboxylic acids is 1. The summed E-state index contributed by atoms with van der Waals surface area (Å²) in [5.74, 6) is 0.915. The second-order valence-electron chi connectivity index (χ2n) is 9.86. The van der Waals surface area contributed by atoms with E-state index in [1.54, 1.807) is 6.26 Å². The Bertz CT molecular complexity index is 699. The maximum atomic E-state index is 13.7. The summed E-state index contributed by atoms with van der Waals surface area (Å²) in [6, 6.07) is 4.53. The van der Waals surface area contributed by atoms with E-state index < -0.39 is 6.10 Å². The van der Waals surface area contributed by atoms with E-state index in [0.717, 1.165) is 64.3 Å². The number of β-amino-alcohol motifs (C(OH)–C–C–N with tert-alkyl or cyclic N) is 1. The maximum Gasteiger partial charge on any atom is 0.240 e. The Kier molecular flexibility index (Phi) is 8.23. The summed E-state index contributed by atoms with van der Waals surface area (Å²) < 4.78 is 11.1. The van der Waals surface area contributed by atoms with E-state index in [-0.39, 0.29) is 11.9 Å². The molecule has 1 N–H and O–H groups in total. The fraction of sp³-hybridized carbons (Fsp3) is 0.792. The number of likely N-dealkylation sites (N-methyl/N-ethyl adjacent to an activating group) is 1. The Hall–Kier alpha value is -1.45. The van der Waals surface area contributed by atoms with Gasteiger partial charge in [0.2, 0.25) is 5.91 Å². The minimum absolute atomic E-state index is 0.117. The number of rotatable bonds is 8. The van der Waals surface area contributed by atoms with Crippen molar-refractivity contribution in [3.05, 3.63) is 24.2 Å². The van der Waals surface area contributed by atoms with E-state index in [1.165, 1.54) is 0 Å². The molecule has 1 aromatic heterocycles. The summed E-state index contributed by atoms with van der Waals surface area (Å²) in [4.78, 5) is 22.6. The predicted octanol–water partition coefficient (Wildman–Crippen LogP) is 1.25. The van der Waals surface area contributed by atoms with Gasteiger partial charge in [0, 0.05) is 44.9 Å². The number of hydrogen-bond donors (Lipinski definition) is 1. The molecule has 4 heterocycles. The van der Waals surface area contributed by atoms with Crippen molar-refractivity contribution in [2.75, 3.05) is 60.0 Å². The molecule has 0 spiro atoms. The number of nitrogens with zero attached hydrogens (tertiary/aromatic N) is 4. The van der Waals surface area contributed by atoms with Gasteiger partial charge in [-0.25, -0.2) is 0 Å². The summed E-state index contributed by atoms with van der Waals surface area (Å²) in [6.45, 7) is 6.40. The lowest BCUT2D eigenvalue weighted by molar-refractivity contribution is -0.138. The molecule has 3 fully saturated rings. The molecule has 8 heteroatoms. The number of aliphatic hydroxyl groups is 1. The summed E-state index contributed by atoms with van der Waals surface area (Å²) in [7, 11) is 4.04. The molecule has 0 aromatic carbocycles. The third-order valence-electron chi connectivity index (χ3n) is 7.33. The summed E-state index contributed by atoms with van der Waals surface area (Å²) in [5.41, 5.74) is 0. The Morgan fingerprint density at radius 3 is 2.53 bits per heavy atom. The SMILES string of the molecule is CN(C)CCN(Cc1ccco1)C(=O)C1CC(O)CN1C1CCN(C2CCOCC2)CC1. The lowest BCUT2D eigenvalue weighted by atomic mass is 9.98. The van der Waals surface area contributed by atoms with E-state index in [9.17, 15) is 9.90 Å². The van der Waals surface area contributed by atoms with Gasteiger partial charge in [0.25, 0.3) is 0 Å². The van der Waals surface area contributed by atoms with Crippen molar-refractivity contribution in [1.82, 2.24) is 19.6 Å². The van der Waals surface area contributed by atoms with Gasteiger partial charge in [0.15, 0.2) is 0 Å². The average molecular weight is 449 g/mol. The molecule has 3 aliphatic heterocycles. The first kappa shape index (κ1) is 23.7. The van der Waals surface area contributed by atoms with E-state index >= 15 is 0 Å². The number of amides is 1. The summed E-state index contributed by atoms with van der Waals surface area (Å²) in [5, 5.41) is 10.5. The van der Waals surface area contributed by atoms with Crippen LogP contribution in [0, 0.1) is 0 Å². The van der Waals surface area contributed by atoms with Gasteiger partial charge in [-0.15, -0.1) is 0 Å². The van der Waals surface area contributed by atoms with Crippen LogP contribution in [0.25, 0.3) is 0 Å². The minimum atomic E-state index is -0.434. The highest BCUT2D eigenvalue weighted by Gasteiger charge is 2.42. The number of aliphatic hydroxyl groups excluding tert-OH is 1. The molecule has 0 bridgehead atoms. The van der Waals surface area contributed by atoms with E-state index in [4.69, 9.17) is 9.15 Å². The quantitative estimate of drug-likeness (QED) is 0.642. The fourth-order valence-electron chi connectivity index (χ4n) is 5.51. The van der Waals surface area contributed by atoms with Crippen LogP contribution in [0.15, 0.2) is 22.8 Å². The van der Waals surface area contributed by atoms with Gasteiger partial charge in [-0.05, 0) is 71.4 Å². The largest absolute Gasteiger partial charge is 0.467 e. The highest BCUT2D eigenvalue weighted by Crippen LogP contribution is 2.29. The summed E-state index contributed by atoms with van der Waals surface area (Å²) in [6.07, 6.45) is 6.12. The normalized spacial score (nSPS) is 26.8. The first-order chi connectivity index (χ1) is 15.5. The molecule has 2 atom stereocenters. The number of ether oxygens (including phenoxy) is 1. The molecule has 0 radical (unpaired) electrons. The number of carbonyl (C=O) groups is 1. The lowest BCUT2D eigenvalue weighted by Crippen LogP contribution is -2.54. The maximum absolute atomic E-state index is 13.7. The molecule has 8 nitrogen and oxygen atoms in total. The highest BCUT2D eigenvalue weighted by atomic mass is 16.5. The van der Waals surface area contributed by atoms with Crippen molar-refractivity contribution in [2.24, 2.45) is 0 Å². The van der Waals surface area contributed by atoms with Crippen LogP contribution in [-0.4, -0.2) is 115 Å². The molecular formula is C24H40N4O4. The van der Waals surface area contributed by atoms with Gasteiger partial charge >= 0.3 is 0 Å². The number of piperidine rings is 1. The van der Waals surface area contributed by atoms with Crippen LogP contribution in [-0.2, 0) is 16.1 Å². The van der Waals surface area contributed by atoms with Crippen LogP contribution in [0.4, 0.5) is 0 Å². The van der Waals surface area contributed by atoms with Crippen LogP contribution in [0.5, 0.6) is 0 Å². The van der Waals surface area contributed by atoms with Gasteiger partial charge in [-0.2, -0.15) is 0 Å². The van der Waals surface area contributed by atoms with E-state index in [1.807, 2.05) is 31.1 Å². The predicted molar refractivity (Wildman–Crippen MR) is 122 cm³/mol. The van der Waals surface area contributed by atoms with E-state index in [2.05, 4.69) is 14.7 Å². The Morgan fingerprint density at radius 1 is 1.12 bits per heavy atom. The molecule has 4 rings (SSSR count). The molecule has 0 aliphatic carbocycles. The number of hydrogen-bond acceptors (Lipinski definition) is 7. The molecule has 180 valence electrons. The van der Waals surface area contributed by atoms with E-state index in [0.29, 0.717) is 38.1 Å². The van der Waals surface area contributed by atoms with Crippen LogP contribution < -0.4 is 0 Å². The van der Waals surface area contributed by atoms with Gasteiger partial charge in [-0.3, -0.25) is 9.69 Å². The molecule has 3 aliphatic rings. The van der Waals surface area contributed by atoms with Crippen LogP contribution in [0.3, 0.4) is 0 Å². The third kappa shape index (κ3) is 5.91. The zero-order valence-corrected chi connectivity index (χ0v) is 19.7. The van der Waals surface area contributed by atoms with Gasteiger partial charge in [-0.1, -0.05) is 0 Å². The average Bonchev–Trinajstić information content (AvgIpc) is 3.46. The Balaban J connectivity index is 1.39. The summed E-state index contributed by atoms with van der Waals surface area (Å²) >= 11 is 0. The van der Waals surface area contributed by atoms with Crippen molar-refractivity contribution >= 4 is 5.91 Å². The fourth-order valence-corrected chi connectivity index (χ4v) is 5.51. The molecule has 1 amide bonds. The monoisotopic (exact) mass is 448 g/mol. The third-order valence-corrected chi connectivity index (χ3v) is 7.33. The number of furan rings is 1. The van der Waals surface area contributed by atoms with Crippen molar-refractivity contribution in [3.63, 3.8) is 0 Å².